The Balaban J connectivity index is 2.98. The normalized spacial score (nSPS) is 11.2. The van der Waals surface area contributed by atoms with Crippen molar-refractivity contribution < 1.29 is 17.2 Å². The van der Waals surface area contributed by atoms with Gasteiger partial charge < -0.3 is 4.18 Å². The Morgan fingerprint density at radius 2 is 2.25 bits per heavy atom. The van der Waals surface area contributed by atoms with Gasteiger partial charge in [-0.1, -0.05) is 0 Å². The maximum atomic E-state index is 10.2. The number of hydrogen-bond donors (Lipinski definition) is 1. The fraction of sp³-hybridized carbons (Fsp3) is 0.200. The Hall–Kier alpha value is -1.21. The van der Waals surface area contributed by atoms with E-state index in [2.05, 4.69) is 14.2 Å². The molecule has 1 heterocycles. The van der Waals surface area contributed by atoms with Crippen LogP contribution in [0.25, 0.3) is 0 Å². The summed E-state index contributed by atoms with van der Waals surface area (Å²) in [6.45, 7) is 1.56. The maximum Gasteiger partial charge on any atom is 0.448 e. The highest BCUT2D eigenvalue weighted by atomic mass is 32.3. The van der Waals surface area contributed by atoms with Gasteiger partial charge in [0, 0.05) is 11.8 Å². The fourth-order valence-corrected chi connectivity index (χ4v) is 0.949. The Bertz CT molecular complexity index is 375. The first-order chi connectivity index (χ1) is 5.49. The van der Waals surface area contributed by atoms with Gasteiger partial charge in [0.05, 0.1) is 0 Å². The molecule has 66 valence electrons. The zero-order chi connectivity index (χ0) is 9.19. The van der Waals surface area contributed by atoms with Gasteiger partial charge in [0.15, 0.2) is 0 Å². The molecule has 0 fully saturated rings. The van der Waals surface area contributed by atoms with Crippen molar-refractivity contribution in [1.29, 1.82) is 0 Å². The molecule has 0 saturated carbocycles. The van der Waals surface area contributed by atoms with Crippen molar-refractivity contribution in [3.05, 3.63) is 18.1 Å². The van der Waals surface area contributed by atoms with E-state index in [0.29, 0.717) is 5.56 Å². The lowest BCUT2D eigenvalue weighted by molar-refractivity contribution is 0.379. The van der Waals surface area contributed by atoms with Crippen molar-refractivity contribution in [2.75, 3.05) is 0 Å². The average molecular weight is 190 g/mol. The molecule has 1 N–H and O–H groups in total. The summed E-state index contributed by atoms with van der Waals surface area (Å²) >= 11 is 0. The first-order valence-electron chi connectivity index (χ1n) is 2.92. The minimum atomic E-state index is -4.49. The van der Waals surface area contributed by atoms with Crippen molar-refractivity contribution in [3.63, 3.8) is 0 Å². The third-order valence-electron chi connectivity index (χ3n) is 1.03. The van der Waals surface area contributed by atoms with Crippen LogP contribution >= 0.6 is 0 Å². The predicted molar refractivity (Wildman–Crippen MR) is 38.9 cm³/mol. The molecule has 12 heavy (non-hydrogen) atoms. The Labute approximate surface area is 69.2 Å². The van der Waals surface area contributed by atoms with Crippen molar-refractivity contribution >= 4 is 10.4 Å². The number of rotatable bonds is 2. The Kier molecular flexibility index (Phi) is 2.25. The van der Waals surface area contributed by atoms with Gasteiger partial charge in [-0.15, -0.1) is 0 Å². The zero-order valence-corrected chi connectivity index (χ0v) is 6.95. The quantitative estimate of drug-likeness (QED) is 0.658. The van der Waals surface area contributed by atoms with Crippen LogP contribution in [0.2, 0.25) is 0 Å². The van der Waals surface area contributed by atoms with E-state index in [9.17, 15) is 8.42 Å². The van der Waals surface area contributed by atoms with E-state index in [0.717, 1.165) is 6.33 Å². The van der Waals surface area contributed by atoms with Gasteiger partial charge in [-0.25, -0.2) is 9.97 Å². The molecule has 0 atom stereocenters. The van der Waals surface area contributed by atoms with Crippen molar-refractivity contribution in [2.24, 2.45) is 0 Å². The van der Waals surface area contributed by atoms with Crippen LogP contribution in [-0.4, -0.2) is 22.9 Å². The Morgan fingerprint density at radius 1 is 1.58 bits per heavy atom. The van der Waals surface area contributed by atoms with Crippen LogP contribution in [0.15, 0.2) is 12.5 Å². The lowest BCUT2D eigenvalue weighted by Gasteiger charge is -2.00. The molecule has 0 spiro atoms. The van der Waals surface area contributed by atoms with Crippen LogP contribution in [0.3, 0.4) is 0 Å². The fourth-order valence-electron chi connectivity index (χ4n) is 0.575. The van der Waals surface area contributed by atoms with Gasteiger partial charge >= 0.3 is 10.4 Å². The van der Waals surface area contributed by atoms with Gasteiger partial charge in [0.25, 0.3) is 0 Å². The Morgan fingerprint density at radius 3 is 2.75 bits per heavy atom. The SMILES string of the molecule is Cc1cncnc1OS(=O)(=O)O. The van der Waals surface area contributed by atoms with E-state index in [1.54, 1.807) is 6.92 Å². The van der Waals surface area contributed by atoms with Crippen LogP contribution < -0.4 is 4.18 Å². The molecule has 0 bridgehead atoms. The van der Waals surface area contributed by atoms with Gasteiger partial charge in [-0.05, 0) is 6.92 Å². The van der Waals surface area contributed by atoms with Crippen molar-refractivity contribution in [2.45, 2.75) is 6.92 Å². The summed E-state index contributed by atoms with van der Waals surface area (Å²) in [6, 6.07) is 0. The molecular formula is C5H6N2O4S. The van der Waals surface area contributed by atoms with Crippen molar-refractivity contribution in [1.82, 2.24) is 9.97 Å². The second kappa shape index (κ2) is 3.03. The van der Waals surface area contributed by atoms with Crippen LogP contribution in [-0.2, 0) is 10.4 Å². The number of aryl methyl sites for hydroxylation is 1. The van der Waals surface area contributed by atoms with E-state index in [1.165, 1.54) is 6.20 Å². The lowest BCUT2D eigenvalue weighted by Crippen LogP contribution is -2.08. The molecule has 7 heteroatoms. The highest BCUT2D eigenvalue weighted by Crippen LogP contribution is 2.11. The number of nitrogens with zero attached hydrogens (tertiary/aromatic N) is 2. The molecule has 0 aliphatic rings. The molecule has 1 rings (SSSR count). The maximum absolute atomic E-state index is 10.2. The topological polar surface area (TPSA) is 89.4 Å². The van der Waals surface area contributed by atoms with Crippen LogP contribution in [0.5, 0.6) is 5.88 Å². The summed E-state index contributed by atoms with van der Waals surface area (Å²) in [5.74, 6) is -0.174. The molecule has 0 amide bonds. The van der Waals surface area contributed by atoms with Gasteiger partial charge in [0.2, 0.25) is 5.88 Å². The van der Waals surface area contributed by atoms with E-state index < -0.39 is 10.4 Å². The summed E-state index contributed by atoms with van der Waals surface area (Å²) in [5.41, 5.74) is 0.426. The predicted octanol–water partition coefficient (Wildman–Crippen LogP) is -0.0334. The molecule has 6 nitrogen and oxygen atoms in total. The van der Waals surface area contributed by atoms with E-state index >= 15 is 0 Å². The average Bonchev–Trinajstić information content (AvgIpc) is 1.91. The molecule has 0 aliphatic carbocycles. The summed E-state index contributed by atoms with van der Waals surface area (Å²) in [4.78, 5) is 7.10. The third-order valence-corrected chi connectivity index (χ3v) is 1.40. The molecule has 0 radical (unpaired) electrons. The standard InChI is InChI=1S/C5H6N2O4S/c1-4-2-6-3-7-5(4)11-12(8,9)10/h2-3H,1H3,(H,8,9,10). The molecule has 1 aromatic rings. The van der Waals surface area contributed by atoms with E-state index in [-0.39, 0.29) is 5.88 Å². The summed E-state index contributed by atoms with van der Waals surface area (Å²) in [7, 11) is -4.49. The second-order valence-corrected chi connectivity index (χ2v) is 3.04. The molecular weight excluding hydrogens is 184 g/mol. The second-order valence-electron chi connectivity index (χ2n) is 2.02. The van der Waals surface area contributed by atoms with Gasteiger partial charge in [0.1, 0.15) is 6.33 Å². The van der Waals surface area contributed by atoms with Crippen molar-refractivity contribution in [3.8, 4) is 5.88 Å². The third kappa shape index (κ3) is 2.44. The minimum Gasteiger partial charge on any atom is -0.341 e. The first-order valence-corrected chi connectivity index (χ1v) is 4.29. The van der Waals surface area contributed by atoms with E-state index in [4.69, 9.17) is 4.55 Å². The van der Waals surface area contributed by atoms with Gasteiger partial charge in [-0.3, -0.25) is 4.55 Å². The number of aromatic nitrogens is 2. The highest BCUT2D eigenvalue weighted by molar-refractivity contribution is 7.81. The lowest BCUT2D eigenvalue weighted by atomic mass is 10.4. The zero-order valence-electron chi connectivity index (χ0n) is 6.13. The minimum absolute atomic E-state index is 0.174. The molecule has 0 unspecified atom stereocenters. The number of hydrogen-bond acceptors (Lipinski definition) is 5. The smallest absolute Gasteiger partial charge is 0.341 e. The van der Waals surface area contributed by atoms with Crippen LogP contribution in [0.1, 0.15) is 5.56 Å². The largest absolute Gasteiger partial charge is 0.448 e. The van der Waals surface area contributed by atoms with Gasteiger partial charge in [-0.2, -0.15) is 8.42 Å². The monoisotopic (exact) mass is 190 g/mol. The molecule has 0 saturated heterocycles. The summed E-state index contributed by atoms with van der Waals surface area (Å²) in [5, 5.41) is 0. The molecule has 1 aromatic heterocycles. The summed E-state index contributed by atoms with van der Waals surface area (Å²) in [6.07, 6.45) is 2.49. The van der Waals surface area contributed by atoms with E-state index in [1.807, 2.05) is 0 Å². The van der Waals surface area contributed by atoms with Crippen LogP contribution in [0, 0.1) is 6.92 Å². The molecule has 0 aromatic carbocycles. The molecule has 0 aliphatic heterocycles. The van der Waals surface area contributed by atoms with Crippen LogP contribution in [0.4, 0.5) is 0 Å². The highest BCUT2D eigenvalue weighted by Gasteiger charge is 2.09. The first kappa shape index (κ1) is 8.88. The summed E-state index contributed by atoms with van der Waals surface area (Å²) < 4.78 is 32.8.